The van der Waals surface area contributed by atoms with Gasteiger partial charge in [0.1, 0.15) is 23.9 Å². The van der Waals surface area contributed by atoms with E-state index < -0.39 is 5.79 Å². The van der Waals surface area contributed by atoms with Gasteiger partial charge >= 0.3 is 0 Å². The number of hydrogen-bond donors (Lipinski definition) is 1. The van der Waals surface area contributed by atoms with Crippen molar-refractivity contribution >= 4 is 27.8 Å². The van der Waals surface area contributed by atoms with E-state index in [4.69, 9.17) is 15.2 Å². The van der Waals surface area contributed by atoms with Gasteiger partial charge in [-0.1, -0.05) is 30.7 Å². The minimum Gasteiger partial charge on any atom is -0.383 e. The van der Waals surface area contributed by atoms with Crippen molar-refractivity contribution in [2.75, 3.05) is 5.73 Å². The van der Waals surface area contributed by atoms with Gasteiger partial charge < -0.3 is 19.8 Å². The molecule has 1 unspecified atom stereocenters. The molecule has 1 aromatic carbocycles. The number of nitrogens with zero attached hydrogens (tertiary/aromatic N) is 4. The van der Waals surface area contributed by atoms with E-state index in [1.165, 1.54) is 17.3 Å². The van der Waals surface area contributed by atoms with E-state index in [0.717, 1.165) is 48.7 Å². The molecule has 1 saturated heterocycles. The predicted octanol–water partition coefficient (Wildman–Crippen LogP) is 5.06. The maximum absolute atomic E-state index is 6.42. The molecule has 4 atom stereocenters. The van der Waals surface area contributed by atoms with Crippen LogP contribution in [-0.2, 0) is 15.9 Å². The predicted molar refractivity (Wildman–Crippen MR) is 132 cm³/mol. The fraction of sp³-hybridized carbons (Fsp3) is 0.444. The van der Waals surface area contributed by atoms with Gasteiger partial charge in [0.05, 0.1) is 23.0 Å². The summed E-state index contributed by atoms with van der Waals surface area (Å²) in [6.45, 7) is 4.03. The molecule has 1 saturated carbocycles. The zero-order valence-electron chi connectivity index (χ0n) is 19.7. The van der Waals surface area contributed by atoms with Gasteiger partial charge in [0.2, 0.25) is 0 Å². The van der Waals surface area contributed by atoms with Crippen molar-refractivity contribution in [3.05, 3.63) is 60.7 Å². The Morgan fingerprint density at radius 3 is 2.79 bits per heavy atom. The second kappa shape index (κ2) is 8.32. The normalized spacial score (nSPS) is 25.8. The molecule has 34 heavy (non-hydrogen) atoms. The lowest BCUT2D eigenvalue weighted by Crippen LogP contribution is -2.27. The molecule has 2 aliphatic rings. The third-order valence-corrected chi connectivity index (χ3v) is 7.44. The van der Waals surface area contributed by atoms with Gasteiger partial charge in [-0.05, 0) is 63.1 Å². The van der Waals surface area contributed by atoms with Crippen molar-refractivity contribution in [3.63, 3.8) is 0 Å². The zero-order chi connectivity index (χ0) is 23.3. The van der Waals surface area contributed by atoms with Crippen LogP contribution in [0.2, 0.25) is 0 Å². The molecule has 0 bridgehead atoms. The average molecular weight is 458 g/mol. The number of aromatic nitrogens is 4. The van der Waals surface area contributed by atoms with E-state index in [9.17, 15) is 0 Å². The van der Waals surface area contributed by atoms with Gasteiger partial charge in [-0.25, -0.2) is 9.97 Å². The van der Waals surface area contributed by atoms with Crippen molar-refractivity contribution in [1.29, 1.82) is 0 Å². The lowest BCUT2D eigenvalue weighted by Gasteiger charge is -2.24. The second-order valence-corrected chi connectivity index (χ2v) is 10.1. The first-order valence-corrected chi connectivity index (χ1v) is 12.3. The fourth-order valence-electron chi connectivity index (χ4n) is 5.96. The Bertz CT molecular complexity index is 1330. The van der Waals surface area contributed by atoms with Gasteiger partial charge in [0.15, 0.2) is 5.79 Å². The summed E-state index contributed by atoms with van der Waals surface area (Å²) >= 11 is 0. The third-order valence-electron chi connectivity index (χ3n) is 7.44. The second-order valence-electron chi connectivity index (χ2n) is 10.1. The maximum Gasteiger partial charge on any atom is 0.163 e. The number of unbranched alkanes of at least 4 members (excludes halogenated alkanes) is 1. The van der Waals surface area contributed by atoms with E-state index in [0.29, 0.717) is 11.7 Å². The molecule has 4 aromatic rings. The van der Waals surface area contributed by atoms with E-state index in [1.807, 2.05) is 32.2 Å². The molecule has 6 rings (SSSR count). The first-order chi connectivity index (χ1) is 16.5. The number of para-hydroxylation sites is 1. The van der Waals surface area contributed by atoms with Crippen LogP contribution < -0.4 is 5.73 Å². The van der Waals surface area contributed by atoms with Crippen molar-refractivity contribution in [2.24, 2.45) is 5.92 Å². The number of benzene rings is 1. The molecular weight excluding hydrogens is 426 g/mol. The summed E-state index contributed by atoms with van der Waals surface area (Å²) < 4.78 is 15.1. The van der Waals surface area contributed by atoms with E-state index >= 15 is 0 Å². The van der Waals surface area contributed by atoms with Crippen LogP contribution in [0.3, 0.4) is 0 Å². The quantitative estimate of drug-likeness (QED) is 0.407. The molecule has 7 heteroatoms. The van der Waals surface area contributed by atoms with Crippen molar-refractivity contribution < 1.29 is 9.47 Å². The highest BCUT2D eigenvalue weighted by atomic mass is 16.8. The molecule has 0 spiro atoms. The number of pyridine rings is 1. The Labute approximate surface area is 199 Å². The van der Waals surface area contributed by atoms with Gasteiger partial charge in [0, 0.05) is 17.8 Å². The summed E-state index contributed by atoms with van der Waals surface area (Å²) in [4.78, 5) is 13.3. The standard InChI is InChI=1S/C27H31N5O2/c1-27(2)33-23-19(8-4-3-7-17-9-5-10-18-11-6-13-29-22(17)18)15-21(24(23)34-27)32-14-12-20-25(28)30-16-31-26(20)32/h5-6,9-14,16,19,21,23-24H,3-4,7-8,15H2,1-2H3,(H2,28,30,31)/t19?,21-,23-,24+/m1/s1. The number of nitrogens with two attached hydrogens (primary N) is 1. The molecular formula is C27H31N5O2. The van der Waals surface area contributed by atoms with Crippen LogP contribution >= 0.6 is 0 Å². The van der Waals surface area contributed by atoms with E-state index in [-0.39, 0.29) is 18.2 Å². The van der Waals surface area contributed by atoms with E-state index in [2.05, 4.69) is 50.0 Å². The summed E-state index contributed by atoms with van der Waals surface area (Å²) in [6.07, 6.45) is 11.0. The lowest BCUT2D eigenvalue weighted by atomic mass is 9.95. The number of ether oxygens (including phenoxy) is 2. The fourth-order valence-corrected chi connectivity index (χ4v) is 5.96. The van der Waals surface area contributed by atoms with Crippen LogP contribution in [0.4, 0.5) is 5.82 Å². The first-order valence-electron chi connectivity index (χ1n) is 12.3. The molecule has 1 aliphatic heterocycles. The number of rotatable bonds is 6. The number of aryl methyl sites for hydroxylation is 1. The minimum absolute atomic E-state index is 0.00839. The molecule has 176 valence electrons. The lowest BCUT2D eigenvalue weighted by molar-refractivity contribution is -0.160. The average Bonchev–Trinajstić information content (AvgIpc) is 3.48. The van der Waals surface area contributed by atoms with Gasteiger partial charge in [-0.3, -0.25) is 4.98 Å². The summed E-state index contributed by atoms with van der Waals surface area (Å²) in [7, 11) is 0. The summed E-state index contributed by atoms with van der Waals surface area (Å²) in [5.41, 5.74) is 9.41. The van der Waals surface area contributed by atoms with E-state index in [1.54, 1.807) is 0 Å². The smallest absolute Gasteiger partial charge is 0.163 e. The largest absolute Gasteiger partial charge is 0.383 e. The Morgan fingerprint density at radius 2 is 1.88 bits per heavy atom. The third kappa shape index (κ3) is 3.73. The van der Waals surface area contributed by atoms with Crippen LogP contribution in [0.25, 0.3) is 21.9 Å². The summed E-state index contributed by atoms with van der Waals surface area (Å²) in [5.74, 6) is 0.387. The van der Waals surface area contributed by atoms with Gasteiger partial charge in [0.25, 0.3) is 0 Å². The molecule has 3 aromatic heterocycles. The molecule has 0 amide bonds. The highest BCUT2D eigenvalue weighted by molar-refractivity contribution is 5.86. The van der Waals surface area contributed by atoms with Crippen molar-refractivity contribution in [1.82, 2.24) is 19.5 Å². The molecule has 2 fully saturated rings. The van der Waals surface area contributed by atoms with Crippen molar-refractivity contribution in [2.45, 2.75) is 70.0 Å². The number of anilines is 1. The molecule has 7 nitrogen and oxygen atoms in total. The highest BCUT2D eigenvalue weighted by Crippen LogP contribution is 2.49. The Kier molecular flexibility index (Phi) is 5.26. The number of nitrogen functional groups attached to an aromatic ring is 1. The van der Waals surface area contributed by atoms with Crippen LogP contribution in [0.1, 0.15) is 51.1 Å². The Hall–Kier alpha value is -3.03. The molecule has 4 heterocycles. The van der Waals surface area contributed by atoms with Crippen LogP contribution in [0.15, 0.2) is 55.1 Å². The first kappa shape index (κ1) is 21.5. The van der Waals surface area contributed by atoms with Gasteiger partial charge in [-0.15, -0.1) is 0 Å². The highest BCUT2D eigenvalue weighted by Gasteiger charge is 2.54. The van der Waals surface area contributed by atoms with Crippen LogP contribution in [0, 0.1) is 5.92 Å². The summed E-state index contributed by atoms with van der Waals surface area (Å²) in [5, 5.41) is 2.10. The maximum atomic E-state index is 6.42. The van der Waals surface area contributed by atoms with Gasteiger partial charge in [-0.2, -0.15) is 0 Å². The monoisotopic (exact) mass is 457 g/mol. The van der Waals surface area contributed by atoms with Crippen LogP contribution in [-0.4, -0.2) is 37.5 Å². The Balaban J connectivity index is 1.17. The molecule has 1 aliphatic carbocycles. The Morgan fingerprint density at radius 1 is 1.03 bits per heavy atom. The van der Waals surface area contributed by atoms with Crippen molar-refractivity contribution in [3.8, 4) is 0 Å². The molecule has 2 N–H and O–H groups in total. The number of hydrogen-bond acceptors (Lipinski definition) is 6. The number of fused-ring (bicyclic) bond motifs is 3. The van der Waals surface area contributed by atoms with Crippen LogP contribution in [0.5, 0.6) is 0 Å². The SMILES string of the molecule is CC1(C)O[C@@H]2[C@H](O1)C(CCCCc1cccc3cccnc13)C[C@H]2n1ccc2c(N)ncnc21. The topological polar surface area (TPSA) is 88.1 Å². The summed E-state index contributed by atoms with van der Waals surface area (Å²) in [6, 6.07) is 12.8. The molecule has 0 radical (unpaired) electrons. The minimum atomic E-state index is -0.572. The zero-order valence-corrected chi connectivity index (χ0v) is 19.7.